The van der Waals surface area contributed by atoms with Crippen molar-refractivity contribution in [1.82, 2.24) is 0 Å². The molecule has 27 heavy (non-hydrogen) atoms. The van der Waals surface area contributed by atoms with Crippen molar-refractivity contribution in [3.05, 3.63) is 72.8 Å². The molecule has 1 aliphatic heterocycles. The molecule has 0 aliphatic carbocycles. The third kappa shape index (κ3) is 3.87. The Labute approximate surface area is 157 Å². The van der Waals surface area contributed by atoms with E-state index in [-0.39, 0.29) is 12.7 Å². The zero-order valence-corrected chi connectivity index (χ0v) is 14.9. The van der Waals surface area contributed by atoms with Gasteiger partial charge in [0, 0.05) is 17.4 Å². The van der Waals surface area contributed by atoms with E-state index in [0.29, 0.717) is 17.2 Å². The zero-order valence-electron chi connectivity index (χ0n) is 14.9. The minimum atomic E-state index is -0.391. The lowest BCUT2D eigenvalue weighted by molar-refractivity contribution is -0.116. The summed E-state index contributed by atoms with van der Waals surface area (Å²) in [4.78, 5) is 12.5. The summed E-state index contributed by atoms with van der Waals surface area (Å²) in [6.45, 7) is 2.04. The highest BCUT2D eigenvalue weighted by Crippen LogP contribution is 2.34. The molecule has 0 radical (unpaired) electrons. The van der Waals surface area contributed by atoms with E-state index in [1.165, 1.54) is 0 Å². The zero-order chi connectivity index (χ0) is 18.6. The van der Waals surface area contributed by atoms with Crippen molar-refractivity contribution in [2.45, 2.75) is 13.0 Å². The highest BCUT2D eigenvalue weighted by atomic mass is 16.7. The molecule has 1 aliphatic rings. The van der Waals surface area contributed by atoms with Crippen molar-refractivity contribution in [2.75, 3.05) is 17.4 Å². The topological polar surface area (TPSA) is 59.6 Å². The number of fused-ring (bicyclic) bond motifs is 1. The SMILES string of the molecule is CC(Nc1ccc(-c2ccccc2)cc1)C(=O)Nc1ccc2c(c1)OCO2. The van der Waals surface area contributed by atoms with E-state index in [0.717, 1.165) is 16.8 Å². The molecule has 2 N–H and O–H groups in total. The molecule has 3 aromatic rings. The number of amides is 1. The van der Waals surface area contributed by atoms with Gasteiger partial charge in [-0.3, -0.25) is 4.79 Å². The average Bonchev–Trinajstić information content (AvgIpc) is 3.17. The highest BCUT2D eigenvalue weighted by Gasteiger charge is 2.16. The maximum absolute atomic E-state index is 12.5. The van der Waals surface area contributed by atoms with E-state index in [2.05, 4.69) is 22.8 Å². The fraction of sp³-hybridized carbons (Fsp3) is 0.136. The molecule has 1 atom stereocenters. The maximum Gasteiger partial charge on any atom is 0.246 e. The van der Waals surface area contributed by atoms with Crippen LogP contribution in [0.15, 0.2) is 72.8 Å². The second kappa shape index (κ2) is 7.41. The monoisotopic (exact) mass is 360 g/mol. The van der Waals surface area contributed by atoms with Crippen LogP contribution in [0, 0.1) is 0 Å². The molecule has 136 valence electrons. The molecular formula is C22H20N2O3. The molecule has 0 saturated carbocycles. The van der Waals surface area contributed by atoms with Crippen molar-refractivity contribution in [3.8, 4) is 22.6 Å². The van der Waals surface area contributed by atoms with E-state index < -0.39 is 6.04 Å². The Hall–Kier alpha value is -3.47. The molecule has 4 rings (SSSR count). The summed E-state index contributed by atoms with van der Waals surface area (Å²) in [7, 11) is 0. The molecule has 3 aromatic carbocycles. The van der Waals surface area contributed by atoms with Crippen molar-refractivity contribution >= 4 is 17.3 Å². The van der Waals surface area contributed by atoms with Gasteiger partial charge >= 0.3 is 0 Å². The summed E-state index contributed by atoms with van der Waals surface area (Å²) in [5.41, 5.74) is 3.87. The molecule has 5 nitrogen and oxygen atoms in total. The molecule has 0 spiro atoms. The Bertz CT molecular complexity index is 940. The average molecular weight is 360 g/mol. The number of anilines is 2. The molecule has 1 amide bonds. The molecule has 0 bridgehead atoms. The Morgan fingerprint density at radius 3 is 2.30 bits per heavy atom. The van der Waals surface area contributed by atoms with E-state index in [9.17, 15) is 4.79 Å². The summed E-state index contributed by atoms with van der Waals surface area (Å²) in [6.07, 6.45) is 0. The standard InChI is InChI=1S/C22H20N2O3/c1-15(22(25)24-19-11-12-20-21(13-19)27-14-26-20)23-18-9-7-17(8-10-18)16-5-3-2-4-6-16/h2-13,15,23H,14H2,1H3,(H,24,25). The summed E-state index contributed by atoms with van der Waals surface area (Å²) < 4.78 is 10.6. The number of carbonyl (C=O) groups is 1. The number of carbonyl (C=O) groups excluding carboxylic acids is 1. The Balaban J connectivity index is 1.38. The smallest absolute Gasteiger partial charge is 0.246 e. The van der Waals surface area contributed by atoms with Crippen molar-refractivity contribution in [2.24, 2.45) is 0 Å². The third-order valence-electron chi connectivity index (χ3n) is 4.41. The first kappa shape index (κ1) is 17.0. The first-order valence-corrected chi connectivity index (χ1v) is 8.81. The third-order valence-corrected chi connectivity index (χ3v) is 4.41. The highest BCUT2D eigenvalue weighted by molar-refractivity contribution is 5.96. The lowest BCUT2D eigenvalue weighted by atomic mass is 10.1. The number of ether oxygens (including phenoxy) is 2. The van der Waals surface area contributed by atoms with Crippen LogP contribution in [-0.4, -0.2) is 18.7 Å². The lowest BCUT2D eigenvalue weighted by Crippen LogP contribution is -2.31. The van der Waals surface area contributed by atoms with Gasteiger partial charge in [0.1, 0.15) is 6.04 Å². The Morgan fingerprint density at radius 2 is 1.52 bits per heavy atom. The molecule has 1 unspecified atom stereocenters. The van der Waals surface area contributed by atoms with Gasteiger partial charge in [-0.2, -0.15) is 0 Å². The predicted octanol–water partition coefficient (Wildman–Crippen LogP) is 4.52. The Kier molecular flexibility index (Phi) is 4.66. The van der Waals surface area contributed by atoms with Gasteiger partial charge < -0.3 is 20.1 Å². The van der Waals surface area contributed by atoms with Gasteiger partial charge in [0.25, 0.3) is 0 Å². The summed E-state index contributed by atoms with van der Waals surface area (Å²) in [6, 6.07) is 23.2. The number of hydrogen-bond donors (Lipinski definition) is 2. The minimum Gasteiger partial charge on any atom is -0.454 e. The normalized spacial score (nSPS) is 13.1. The number of rotatable bonds is 5. The van der Waals surface area contributed by atoms with Crippen LogP contribution in [0.1, 0.15) is 6.92 Å². The van der Waals surface area contributed by atoms with Crippen molar-refractivity contribution < 1.29 is 14.3 Å². The number of benzene rings is 3. The maximum atomic E-state index is 12.5. The Morgan fingerprint density at radius 1 is 0.852 bits per heavy atom. The van der Waals surface area contributed by atoms with E-state index >= 15 is 0 Å². The minimum absolute atomic E-state index is 0.124. The van der Waals surface area contributed by atoms with E-state index in [4.69, 9.17) is 9.47 Å². The van der Waals surface area contributed by atoms with Crippen LogP contribution in [-0.2, 0) is 4.79 Å². The molecule has 0 saturated heterocycles. The van der Waals surface area contributed by atoms with Crippen LogP contribution in [0.2, 0.25) is 0 Å². The van der Waals surface area contributed by atoms with Crippen LogP contribution in [0.5, 0.6) is 11.5 Å². The second-order valence-corrected chi connectivity index (χ2v) is 6.37. The summed E-state index contributed by atoms with van der Waals surface area (Å²) in [5.74, 6) is 1.21. The van der Waals surface area contributed by atoms with Gasteiger partial charge in [0.2, 0.25) is 12.7 Å². The molecular weight excluding hydrogens is 340 g/mol. The largest absolute Gasteiger partial charge is 0.454 e. The molecule has 1 heterocycles. The second-order valence-electron chi connectivity index (χ2n) is 6.37. The van der Waals surface area contributed by atoms with Crippen molar-refractivity contribution in [1.29, 1.82) is 0 Å². The van der Waals surface area contributed by atoms with Gasteiger partial charge in [-0.05, 0) is 42.3 Å². The molecule has 0 aromatic heterocycles. The first-order valence-electron chi connectivity index (χ1n) is 8.81. The fourth-order valence-electron chi connectivity index (χ4n) is 2.93. The number of hydrogen-bond acceptors (Lipinski definition) is 4. The predicted molar refractivity (Wildman–Crippen MR) is 106 cm³/mol. The van der Waals surface area contributed by atoms with Gasteiger partial charge in [0.15, 0.2) is 11.5 Å². The van der Waals surface area contributed by atoms with E-state index in [1.54, 1.807) is 18.2 Å². The molecule has 0 fully saturated rings. The van der Waals surface area contributed by atoms with Gasteiger partial charge in [-0.15, -0.1) is 0 Å². The van der Waals surface area contributed by atoms with Crippen LogP contribution < -0.4 is 20.1 Å². The lowest BCUT2D eigenvalue weighted by Gasteiger charge is -2.16. The van der Waals surface area contributed by atoms with Gasteiger partial charge in [-0.25, -0.2) is 0 Å². The van der Waals surface area contributed by atoms with Crippen LogP contribution >= 0.6 is 0 Å². The van der Waals surface area contributed by atoms with Gasteiger partial charge in [0.05, 0.1) is 0 Å². The molecule has 5 heteroatoms. The summed E-state index contributed by atoms with van der Waals surface area (Å²) >= 11 is 0. The van der Waals surface area contributed by atoms with Crippen LogP contribution in [0.3, 0.4) is 0 Å². The first-order chi connectivity index (χ1) is 13.2. The fourth-order valence-corrected chi connectivity index (χ4v) is 2.93. The summed E-state index contributed by atoms with van der Waals surface area (Å²) in [5, 5.41) is 6.12. The quantitative estimate of drug-likeness (QED) is 0.702. The van der Waals surface area contributed by atoms with E-state index in [1.807, 2.05) is 49.4 Å². The number of nitrogens with one attached hydrogen (secondary N) is 2. The van der Waals surface area contributed by atoms with Crippen LogP contribution in [0.4, 0.5) is 11.4 Å². The van der Waals surface area contributed by atoms with Gasteiger partial charge in [-0.1, -0.05) is 42.5 Å². The van der Waals surface area contributed by atoms with Crippen LogP contribution in [0.25, 0.3) is 11.1 Å². The van der Waals surface area contributed by atoms with Crippen molar-refractivity contribution in [3.63, 3.8) is 0 Å².